The van der Waals surface area contributed by atoms with E-state index in [2.05, 4.69) is 0 Å². The minimum absolute atomic E-state index is 0.0654. The lowest BCUT2D eigenvalue weighted by atomic mass is 9.89. The Labute approximate surface area is 184 Å². The number of fused-ring (bicyclic) bond motifs is 1. The number of ether oxygens (including phenoxy) is 1. The Morgan fingerprint density at radius 1 is 0.788 bits per heavy atom. The molecule has 0 radical (unpaired) electrons. The molecule has 12 heteroatoms. The first-order valence-electron chi connectivity index (χ1n) is 9.63. The quantitative estimate of drug-likeness (QED) is 0.224. The van der Waals surface area contributed by atoms with Gasteiger partial charge in [-0.1, -0.05) is 0 Å². The van der Waals surface area contributed by atoms with E-state index in [-0.39, 0.29) is 16.9 Å². The summed E-state index contributed by atoms with van der Waals surface area (Å²) in [4.78, 5) is 12.8. The minimum Gasteiger partial charge on any atom is -0.507 e. The summed E-state index contributed by atoms with van der Waals surface area (Å²) >= 11 is 0. The van der Waals surface area contributed by atoms with Gasteiger partial charge in [-0.25, -0.2) is 0 Å². The van der Waals surface area contributed by atoms with Gasteiger partial charge < -0.3 is 55.1 Å². The molecular weight excluding hydrogens is 444 g/mol. The number of aliphatic hydroxyl groups is 4. The molecule has 33 heavy (non-hydrogen) atoms. The van der Waals surface area contributed by atoms with Crippen LogP contribution >= 0.6 is 0 Å². The van der Waals surface area contributed by atoms with E-state index in [0.717, 1.165) is 24.3 Å². The van der Waals surface area contributed by atoms with Crippen molar-refractivity contribution in [2.45, 2.75) is 30.5 Å². The largest absolute Gasteiger partial charge is 0.507 e. The van der Waals surface area contributed by atoms with E-state index in [0.29, 0.717) is 0 Å². The van der Waals surface area contributed by atoms with Crippen LogP contribution in [0.4, 0.5) is 0 Å². The van der Waals surface area contributed by atoms with E-state index >= 15 is 0 Å². The first-order valence-corrected chi connectivity index (χ1v) is 9.63. The lowest BCUT2D eigenvalue weighted by Crippen LogP contribution is -2.55. The van der Waals surface area contributed by atoms with Gasteiger partial charge >= 0.3 is 0 Å². The molecule has 0 amide bonds. The van der Waals surface area contributed by atoms with Gasteiger partial charge in [-0.15, -0.1) is 0 Å². The summed E-state index contributed by atoms with van der Waals surface area (Å²) in [5.74, 6) is -3.89. The first-order chi connectivity index (χ1) is 15.5. The number of benzene rings is 2. The van der Waals surface area contributed by atoms with Crippen molar-refractivity contribution < 1.29 is 55.1 Å². The van der Waals surface area contributed by atoms with E-state index in [1.54, 1.807) is 0 Å². The van der Waals surface area contributed by atoms with E-state index < -0.39 is 82.3 Å². The van der Waals surface area contributed by atoms with Crippen molar-refractivity contribution in [1.29, 1.82) is 0 Å². The topological polar surface area (TPSA) is 222 Å². The molecule has 3 aromatic rings. The van der Waals surface area contributed by atoms with Gasteiger partial charge in [0.2, 0.25) is 0 Å². The molecule has 1 aromatic heterocycles. The van der Waals surface area contributed by atoms with Crippen LogP contribution in [-0.4, -0.2) is 77.0 Å². The van der Waals surface area contributed by atoms with Crippen LogP contribution in [0.3, 0.4) is 0 Å². The Balaban J connectivity index is 1.99. The van der Waals surface area contributed by atoms with Crippen LogP contribution in [0.5, 0.6) is 28.7 Å². The van der Waals surface area contributed by atoms with E-state index in [9.17, 15) is 50.8 Å². The van der Waals surface area contributed by atoms with Crippen molar-refractivity contribution in [3.05, 3.63) is 40.1 Å². The Morgan fingerprint density at radius 2 is 1.42 bits per heavy atom. The molecule has 0 saturated carbocycles. The standard InChI is InChI=1S/C21H20O12/c22-5-13-17(29)18(30)19(31)21(33-13)15-8(24)3-7(23)14-9(25)4-12(32-20(14)15)6-1-10(26)16(28)11(27)2-6/h1-4,13,17-19,21-24,26-31H,5H2/t13?,17-,18+,19?,21+/m1/s1. The molecule has 2 unspecified atom stereocenters. The average molecular weight is 464 g/mol. The van der Waals surface area contributed by atoms with Crippen LogP contribution in [-0.2, 0) is 4.74 Å². The molecule has 4 rings (SSSR count). The van der Waals surface area contributed by atoms with Crippen LogP contribution in [0.2, 0.25) is 0 Å². The first kappa shape index (κ1) is 22.6. The fraction of sp³-hybridized carbons (Fsp3) is 0.286. The van der Waals surface area contributed by atoms with Gasteiger partial charge in [-0.3, -0.25) is 4.79 Å². The zero-order valence-electron chi connectivity index (χ0n) is 16.7. The van der Waals surface area contributed by atoms with Gasteiger partial charge in [0, 0.05) is 17.7 Å². The second-order valence-electron chi connectivity index (χ2n) is 7.62. The molecule has 1 aliphatic heterocycles. The second kappa shape index (κ2) is 8.10. The fourth-order valence-corrected chi connectivity index (χ4v) is 3.83. The Bertz CT molecular complexity index is 1260. The molecule has 176 valence electrons. The molecule has 9 N–H and O–H groups in total. The Hall–Kier alpha value is -3.55. The highest BCUT2D eigenvalue weighted by Crippen LogP contribution is 2.44. The summed E-state index contributed by atoms with van der Waals surface area (Å²) in [6, 6.07) is 3.68. The molecule has 12 nitrogen and oxygen atoms in total. The molecular formula is C21H20O12. The molecule has 1 aliphatic rings. The molecule has 0 aliphatic carbocycles. The Morgan fingerprint density at radius 3 is 2.03 bits per heavy atom. The monoisotopic (exact) mass is 464 g/mol. The molecule has 0 bridgehead atoms. The number of hydrogen-bond acceptors (Lipinski definition) is 12. The van der Waals surface area contributed by atoms with Crippen molar-refractivity contribution in [3.8, 4) is 40.1 Å². The third-order valence-electron chi connectivity index (χ3n) is 5.53. The second-order valence-corrected chi connectivity index (χ2v) is 7.62. The maximum absolute atomic E-state index is 12.8. The lowest BCUT2D eigenvalue weighted by Gasteiger charge is -2.40. The highest BCUT2D eigenvalue weighted by Gasteiger charge is 2.46. The maximum atomic E-state index is 12.8. The van der Waals surface area contributed by atoms with Gasteiger partial charge in [0.05, 0.1) is 12.2 Å². The summed E-state index contributed by atoms with van der Waals surface area (Å²) in [7, 11) is 0. The van der Waals surface area contributed by atoms with Crippen LogP contribution in [0, 0.1) is 0 Å². The average Bonchev–Trinajstić information content (AvgIpc) is 2.76. The van der Waals surface area contributed by atoms with Crippen molar-refractivity contribution in [2.24, 2.45) is 0 Å². The van der Waals surface area contributed by atoms with Gasteiger partial charge in [-0.05, 0) is 12.1 Å². The maximum Gasteiger partial charge on any atom is 0.200 e. The lowest BCUT2D eigenvalue weighted by molar-refractivity contribution is -0.231. The van der Waals surface area contributed by atoms with Crippen LogP contribution < -0.4 is 5.43 Å². The summed E-state index contributed by atoms with van der Waals surface area (Å²) in [6.45, 7) is -0.751. The van der Waals surface area contributed by atoms with Gasteiger partial charge in [0.25, 0.3) is 0 Å². The van der Waals surface area contributed by atoms with Crippen molar-refractivity contribution in [3.63, 3.8) is 0 Å². The van der Waals surface area contributed by atoms with Gasteiger partial charge in [0.1, 0.15) is 53.2 Å². The number of aliphatic hydroxyl groups excluding tert-OH is 4. The molecule has 2 heterocycles. The highest BCUT2D eigenvalue weighted by molar-refractivity contribution is 5.89. The summed E-state index contributed by atoms with van der Waals surface area (Å²) in [5.41, 5.74) is -1.72. The zero-order chi connectivity index (χ0) is 24.2. The number of hydrogen-bond donors (Lipinski definition) is 9. The SMILES string of the molecule is O=c1cc(-c2cc(O)c(O)c(O)c2)oc2c([C@@H]3OC(CO)[C@@H](O)[C@H](O)C3O)c(O)cc(O)c12. The molecule has 1 fully saturated rings. The number of aromatic hydroxyl groups is 5. The smallest absolute Gasteiger partial charge is 0.200 e. The molecule has 2 aromatic carbocycles. The third-order valence-corrected chi connectivity index (χ3v) is 5.53. The van der Waals surface area contributed by atoms with E-state index in [4.69, 9.17) is 9.15 Å². The number of phenols is 5. The van der Waals surface area contributed by atoms with Crippen molar-refractivity contribution in [2.75, 3.05) is 6.61 Å². The van der Waals surface area contributed by atoms with Crippen molar-refractivity contribution in [1.82, 2.24) is 0 Å². The van der Waals surface area contributed by atoms with Crippen molar-refractivity contribution >= 4 is 11.0 Å². The summed E-state index contributed by atoms with van der Waals surface area (Å²) in [6.07, 6.45) is -8.26. The van der Waals surface area contributed by atoms with E-state index in [1.807, 2.05) is 0 Å². The molecule has 5 atom stereocenters. The fourth-order valence-electron chi connectivity index (χ4n) is 3.83. The van der Waals surface area contributed by atoms with Crippen LogP contribution in [0.1, 0.15) is 11.7 Å². The van der Waals surface area contributed by atoms with Gasteiger partial charge in [0.15, 0.2) is 28.3 Å². The van der Waals surface area contributed by atoms with E-state index in [1.165, 1.54) is 0 Å². The predicted octanol–water partition coefficient (Wildman–Crippen LogP) is -0.497. The Kier molecular flexibility index (Phi) is 5.56. The number of rotatable bonds is 3. The molecule has 1 saturated heterocycles. The van der Waals surface area contributed by atoms with Crippen LogP contribution in [0.15, 0.2) is 33.5 Å². The van der Waals surface area contributed by atoms with Gasteiger partial charge in [-0.2, -0.15) is 0 Å². The highest BCUT2D eigenvalue weighted by atomic mass is 16.5. The summed E-state index contributed by atoms with van der Waals surface area (Å²) in [5, 5.41) is 89.5. The number of phenolic OH excluding ortho intramolecular Hbond substituents is 5. The summed E-state index contributed by atoms with van der Waals surface area (Å²) < 4.78 is 11.1. The molecule has 0 spiro atoms. The van der Waals surface area contributed by atoms with Crippen LogP contribution in [0.25, 0.3) is 22.3 Å². The minimum atomic E-state index is -1.84. The third kappa shape index (κ3) is 3.59. The normalized spacial score (nSPS) is 25.4. The predicted molar refractivity (Wildman–Crippen MR) is 109 cm³/mol. The zero-order valence-corrected chi connectivity index (χ0v) is 16.7.